The van der Waals surface area contributed by atoms with Gasteiger partial charge in [-0.25, -0.2) is 4.21 Å². The third-order valence-corrected chi connectivity index (χ3v) is 13.2. The van der Waals surface area contributed by atoms with Gasteiger partial charge in [0.2, 0.25) is 0 Å². The van der Waals surface area contributed by atoms with E-state index in [0.29, 0.717) is 30.0 Å². The first-order valence-electron chi connectivity index (χ1n) is 18.7. The van der Waals surface area contributed by atoms with Gasteiger partial charge in [-0.1, -0.05) is 51.3 Å². The maximum Gasteiger partial charge on any atom is 0.263 e. The maximum absolute atomic E-state index is 13.5. The molecule has 6 rings (SSSR count). The molecule has 6 atom stereocenters. The van der Waals surface area contributed by atoms with Crippen LogP contribution in [0.5, 0.6) is 5.75 Å². The maximum atomic E-state index is 13.5. The minimum atomic E-state index is -1.47. The van der Waals surface area contributed by atoms with E-state index in [9.17, 15) is 9.00 Å². The molecule has 2 aromatic carbocycles. The van der Waals surface area contributed by atoms with Gasteiger partial charge >= 0.3 is 0 Å². The Morgan fingerprint density at radius 1 is 1.02 bits per heavy atom. The lowest BCUT2D eigenvalue weighted by molar-refractivity contribution is -0.220. The molecule has 270 valence electrons. The largest absolute Gasteiger partial charge is 0.491 e. The number of benzene rings is 2. The number of rotatable bonds is 14. The summed E-state index contributed by atoms with van der Waals surface area (Å²) < 4.78 is 34.9. The highest BCUT2D eigenvalue weighted by molar-refractivity contribution is 7.84. The molecule has 1 amide bonds. The topological polar surface area (TPSA) is 80.3 Å². The van der Waals surface area contributed by atoms with Gasteiger partial charge in [-0.15, -0.1) is 0 Å². The highest BCUT2D eigenvalue weighted by atomic mass is 35.5. The van der Waals surface area contributed by atoms with E-state index in [1.807, 2.05) is 25.1 Å². The zero-order valence-electron chi connectivity index (χ0n) is 29.8. The van der Waals surface area contributed by atoms with Crippen molar-refractivity contribution in [1.29, 1.82) is 0 Å². The molecule has 2 aromatic rings. The highest BCUT2D eigenvalue weighted by Crippen LogP contribution is 2.43. The molecular formula is C39H56ClN3O5S. The number of carbonyl (C=O) groups excluding carboxylic acids is 1. The Morgan fingerprint density at radius 3 is 2.47 bits per heavy atom. The van der Waals surface area contributed by atoms with Crippen molar-refractivity contribution in [3.63, 3.8) is 0 Å². The molecule has 6 unspecified atom stereocenters. The van der Waals surface area contributed by atoms with E-state index in [0.717, 1.165) is 94.4 Å². The molecule has 0 radical (unpaired) electrons. The van der Waals surface area contributed by atoms with E-state index in [2.05, 4.69) is 47.4 Å². The van der Waals surface area contributed by atoms with Crippen molar-refractivity contribution in [2.45, 2.75) is 103 Å². The summed E-state index contributed by atoms with van der Waals surface area (Å²) in [5.74, 6) is 1.86. The van der Waals surface area contributed by atoms with E-state index < -0.39 is 11.0 Å². The number of ether oxygens (including phenoxy) is 3. The van der Waals surface area contributed by atoms with Crippen molar-refractivity contribution in [2.24, 2.45) is 17.8 Å². The minimum Gasteiger partial charge on any atom is -0.491 e. The lowest BCUT2D eigenvalue weighted by atomic mass is 9.71. The van der Waals surface area contributed by atoms with Crippen LogP contribution >= 0.6 is 11.6 Å². The molecule has 1 N–H and O–H groups in total. The smallest absolute Gasteiger partial charge is 0.263 e. The van der Waals surface area contributed by atoms with Crippen molar-refractivity contribution >= 4 is 34.2 Å². The highest BCUT2D eigenvalue weighted by Gasteiger charge is 2.38. The monoisotopic (exact) mass is 713 g/mol. The Morgan fingerprint density at radius 2 is 1.80 bits per heavy atom. The van der Waals surface area contributed by atoms with Gasteiger partial charge in [0.1, 0.15) is 16.7 Å². The molecule has 0 aromatic heterocycles. The van der Waals surface area contributed by atoms with Crippen molar-refractivity contribution in [3.8, 4) is 5.75 Å². The summed E-state index contributed by atoms with van der Waals surface area (Å²) in [5, 5.41) is 0.630. The fraction of sp³-hybridized carbons (Fsp3) is 0.667. The number of likely N-dealkylation sites (tertiary alicyclic amines) is 1. The summed E-state index contributed by atoms with van der Waals surface area (Å²) in [5.41, 5.74) is 3.97. The van der Waals surface area contributed by atoms with Gasteiger partial charge in [0.05, 0.1) is 36.8 Å². The van der Waals surface area contributed by atoms with Crippen LogP contribution in [0.4, 0.5) is 5.69 Å². The van der Waals surface area contributed by atoms with Gasteiger partial charge in [-0.3, -0.25) is 14.4 Å². The molecule has 49 heavy (non-hydrogen) atoms. The molecule has 10 heteroatoms. The number of hydrogen-bond acceptors (Lipinski definition) is 7. The summed E-state index contributed by atoms with van der Waals surface area (Å²) in [6.07, 6.45) is 8.37. The molecule has 4 aliphatic rings. The van der Waals surface area contributed by atoms with E-state index in [4.69, 9.17) is 25.8 Å². The van der Waals surface area contributed by atoms with Crippen molar-refractivity contribution in [2.75, 3.05) is 50.9 Å². The fourth-order valence-corrected chi connectivity index (χ4v) is 9.14. The minimum absolute atomic E-state index is 0.128. The predicted molar refractivity (Wildman–Crippen MR) is 198 cm³/mol. The Kier molecular flexibility index (Phi) is 12.6. The van der Waals surface area contributed by atoms with Crippen LogP contribution in [0.25, 0.3) is 0 Å². The predicted octanol–water partition coefficient (Wildman–Crippen LogP) is 7.36. The average molecular weight is 714 g/mol. The van der Waals surface area contributed by atoms with Gasteiger partial charge in [0.25, 0.3) is 5.91 Å². The second kappa shape index (κ2) is 16.9. The van der Waals surface area contributed by atoms with Crippen LogP contribution in [0.15, 0.2) is 36.4 Å². The number of aryl methyl sites for hydroxylation is 1. The van der Waals surface area contributed by atoms with Crippen molar-refractivity contribution in [1.82, 2.24) is 9.62 Å². The van der Waals surface area contributed by atoms with E-state index in [1.165, 1.54) is 24.0 Å². The first-order valence-corrected chi connectivity index (χ1v) is 20.3. The Hall–Kier alpha value is -2.17. The van der Waals surface area contributed by atoms with Gasteiger partial charge < -0.3 is 19.1 Å². The second-order valence-corrected chi connectivity index (χ2v) is 16.8. The zero-order valence-corrected chi connectivity index (χ0v) is 31.4. The van der Waals surface area contributed by atoms with E-state index >= 15 is 0 Å². The summed E-state index contributed by atoms with van der Waals surface area (Å²) in [6, 6.07) is 12.3. The third kappa shape index (κ3) is 8.83. The molecule has 8 nitrogen and oxygen atoms in total. The zero-order chi connectivity index (χ0) is 34.5. The van der Waals surface area contributed by atoms with E-state index in [1.54, 1.807) is 6.07 Å². The van der Waals surface area contributed by atoms with Gasteiger partial charge in [0.15, 0.2) is 6.29 Å². The summed E-state index contributed by atoms with van der Waals surface area (Å²) in [4.78, 5) is 18.4. The van der Waals surface area contributed by atoms with Gasteiger partial charge in [-0.2, -0.15) is 0 Å². The van der Waals surface area contributed by atoms with Crippen LogP contribution in [0.2, 0.25) is 5.02 Å². The van der Waals surface area contributed by atoms with Gasteiger partial charge in [0, 0.05) is 36.0 Å². The van der Waals surface area contributed by atoms with E-state index in [-0.39, 0.29) is 29.3 Å². The second-order valence-electron chi connectivity index (χ2n) is 14.9. The van der Waals surface area contributed by atoms with Crippen LogP contribution in [-0.4, -0.2) is 78.6 Å². The van der Waals surface area contributed by atoms with Crippen LogP contribution < -0.4 is 14.4 Å². The number of nitrogens with one attached hydrogen (secondary N) is 1. The molecule has 3 aliphatic heterocycles. The number of nitrogens with zero attached hydrogens (tertiary/aromatic N) is 2. The van der Waals surface area contributed by atoms with Crippen molar-refractivity contribution in [3.05, 3.63) is 58.1 Å². The summed E-state index contributed by atoms with van der Waals surface area (Å²) in [7, 11) is -1.47. The van der Waals surface area contributed by atoms with Crippen LogP contribution in [0.1, 0.15) is 100 Å². The number of anilines is 1. The van der Waals surface area contributed by atoms with Crippen LogP contribution in [-0.2, 0) is 26.9 Å². The molecular weight excluding hydrogens is 658 g/mol. The Labute approximate surface area is 301 Å². The summed E-state index contributed by atoms with van der Waals surface area (Å²) >= 11 is 6.46. The molecule has 1 aliphatic carbocycles. The third-order valence-electron chi connectivity index (χ3n) is 11.5. The number of amides is 1. The average Bonchev–Trinajstić information content (AvgIpc) is 3.24. The number of halogens is 1. The molecule has 3 fully saturated rings. The number of carbonyl (C=O) groups is 1. The van der Waals surface area contributed by atoms with Crippen LogP contribution in [0, 0.1) is 17.8 Å². The molecule has 3 heterocycles. The molecule has 0 spiro atoms. The van der Waals surface area contributed by atoms with Crippen molar-refractivity contribution < 1.29 is 23.2 Å². The molecule has 2 saturated heterocycles. The number of hydrogen-bond donors (Lipinski definition) is 1. The standard InChI is InChI=1S/C39H56ClN3O5S/c1-5-8-26(3)27(4)49(45)41-39(44)30-12-15-37-36(19-30)43(22-32(23-46-37)35-14-13-33(40)18-29(35)9-6-2)21-31-11-10-28(31)20-38-47-24-34(25-48-38)42-16-7-17-42/h12-15,18-19,26-28,31-32,34,38H,5-11,16-17,20-25H2,1-4H3,(H,41,44). The first-order chi connectivity index (χ1) is 23.7. The quantitative estimate of drug-likeness (QED) is 0.219. The number of fused-ring (bicyclic) bond motifs is 1. The molecule has 1 saturated carbocycles. The fourth-order valence-electron chi connectivity index (χ4n) is 7.90. The lowest BCUT2D eigenvalue weighted by Crippen LogP contribution is -2.53. The lowest BCUT2D eigenvalue weighted by Gasteiger charge is -2.45. The normalized spacial score (nSPS) is 27.4. The van der Waals surface area contributed by atoms with Crippen LogP contribution in [0.3, 0.4) is 0 Å². The first kappa shape index (κ1) is 36.6. The molecule has 0 bridgehead atoms. The van der Waals surface area contributed by atoms with Gasteiger partial charge in [-0.05, 0) is 111 Å². The summed E-state index contributed by atoms with van der Waals surface area (Å²) in [6.45, 7) is 14.4. The Bertz CT molecular complexity index is 1450. The Balaban J connectivity index is 1.20. The SMILES string of the molecule is CCCc1cc(Cl)ccc1C1COc2ccc(C(=O)NS(=O)C(C)C(C)CCC)cc2N(CC2CCC2CC2OCC(N3CCC3)CO2)C1.